The van der Waals surface area contributed by atoms with Crippen molar-refractivity contribution in [3.63, 3.8) is 0 Å². The summed E-state index contributed by atoms with van der Waals surface area (Å²) < 4.78 is 11.7. The maximum Gasteiger partial charge on any atom is 0.327 e. The number of aromatic nitrogens is 3. The van der Waals surface area contributed by atoms with Crippen LogP contribution in [0.5, 0.6) is 0 Å². The Morgan fingerprint density at radius 3 is 3.25 bits per heavy atom. The summed E-state index contributed by atoms with van der Waals surface area (Å²) in [6.45, 7) is 1.09. The minimum Gasteiger partial charge on any atom is -0.462 e. The van der Waals surface area contributed by atoms with Crippen molar-refractivity contribution in [3.8, 4) is 0 Å². The van der Waals surface area contributed by atoms with E-state index in [1.54, 1.807) is 0 Å². The number of nitrogens with zero attached hydrogens (tertiary/aromatic N) is 3. The molecule has 1 unspecified atom stereocenters. The normalized spacial score (nSPS) is 19.9. The molecular formula is C9H14N4O3. The maximum absolute atomic E-state index is 11.4. The Kier molecular flexibility index (Phi) is 3.35. The highest BCUT2D eigenvalue weighted by molar-refractivity contribution is 5.69. The van der Waals surface area contributed by atoms with E-state index in [-0.39, 0.29) is 24.6 Å². The fourth-order valence-corrected chi connectivity index (χ4v) is 1.52. The molecule has 0 aliphatic carbocycles. The Morgan fingerprint density at radius 2 is 2.62 bits per heavy atom. The molecule has 1 aliphatic heterocycles. The van der Waals surface area contributed by atoms with Crippen molar-refractivity contribution in [3.05, 3.63) is 6.33 Å². The first-order valence-corrected chi connectivity index (χ1v) is 5.16. The summed E-state index contributed by atoms with van der Waals surface area (Å²) in [5, 5.41) is 3.78. The van der Waals surface area contributed by atoms with E-state index in [2.05, 4.69) is 10.1 Å². The minimum absolute atomic E-state index is 0.0247. The highest BCUT2D eigenvalue weighted by atomic mass is 16.6. The zero-order valence-electron chi connectivity index (χ0n) is 8.83. The number of nitrogen functional groups attached to an aromatic ring is 1. The number of carbonyl (C=O) groups is 1. The van der Waals surface area contributed by atoms with Crippen molar-refractivity contribution < 1.29 is 14.3 Å². The average molecular weight is 226 g/mol. The number of carbonyl (C=O) groups excluding carboxylic acids is 1. The molecule has 7 nitrogen and oxygen atoms in total. The number of ether oxygens (including phenoxy) is 2. The van der Waals surface area contributed by atoms with Crippen molar-refractivity contribution in [1.82, 2.24) is 14.8 Å². The highest BCUT2D eigenvalue weighted by Crippen LogP contribution is 2.11. The molecule has 0 bridgehead atoms. The van der Waals surface area contributed by atoms with Gasteiger partial charge in [0, 0.05) is 6.61 Å². The molecular weight excluding hydrogens is 212 g/mol. The second-order valence-corrected chi connectivity index (χ2v) is 3.62. The van der Waals surface area contributed by atoms with Crippen molar-refractivity contribution in [2.75, 3.05) is 18.9 Å². The molecule has 2 heterocycles. The number of hydrogen-bond acceptors (Lipinski definition) is 6. The molecule has 1 aromatic rings. The van der Waals surface area contributed by atoms with Crippen molar-refractivity contribution in [2.45, 2.75) is 25.5 Å². The second kappa shape index (κ2) is 4.93. The van der Waals surface area contributed by atoms with E-state index in [1.165, 1.54) is 11.0 Å². The van der Waals surface area contributed by atoms with Crippen LogP contribution in [0.25, 0.3) is 0 Å². The Bertz CT molecular complexity index is 359. The Hall–Kier alpha value is -1.63. The second-order valence-electron chi connectivity index (χ2n) is 3.62. The zero-order chi connectivity index (χ0) is 11.4. The largest absolute Gasteiger partial charge is 0.462 e. The first-order chi connectivity index (χ1) is 7.74. The van der Waals surface area contributed by atoms with Crippen LogP contribution in [0.3, 0.4) is 0 Å². The third kappa shape index (κ3) is 2.93. The van der Waals surface area contributed by atoms with Gasteiger partial charge in [-0.05, 0) is 12.8 Å². The van der Waals surface area contributed by atoms with E-state index in [9.17, 15) is 4.79 Å². The summed E-state index contributed by atoms with van der Waals surface area (Å²) in [6, 6.07) is 0. The van der Waals surface area contributed by atoms with Gasteiger partial charge in [0.05, 0.1) is 6.10 Å². The molecule has 0 saturated carbocycles. The molecule has 1 atom stereocenters. The van der Waals surface area contributed by atoms with Gasteiger partial charge in [-0.1, -0.05) is 0 Å². The topological polar surface area (TPSA) is 92.3 Å². The highest BCUT2D eigenvalue weighted by Gasteiger charge is 2.17. The molecule has 1 saturated heterocycles. The Morgan fingerprint density at radius 1 is 1.75 bits per heavy atom. The summed E-state index contributed by atoms with van der Waals surface area (Å²) in [6.07, 6.45) is 3.42. The summed E-state index contributed by atoms with van der Waals surface area (Å²) in [5.41, 5.74) is 5.31. The predicted octanol–water partition coefficient (Wildman–Crippen LogP) is -0.418. The lowest BCUT2D eigenvalue weighted by Crippen LogP contribution is -2.21. The third-order valence-electron chi connectivity index (χ3n) is 2.30. The van der Waals surface area contributed by atoms with Gasteiger partial charge in [0.25, 0.3) is 0 Å². The van der Waals surface area contributed by atoms with E-state index in [0.717, 1.165) is 19.4 Å². The van der Waals surface area contributed by atoms with E-state index in [0.29, 0.717) is 6.61 Å². The molecule has 7 heteroatoms. The van der Waals surface area contributed by atoms with Gasteiger partial charge in [0.1, 0.15) is 19.5 Å². The van der Waals surface area contributed by atoms with Gasteiger partial charge in [-0.3, -0.25) is 4.79 Å². The fraction of sp³-hybridized carbons (Fsp3) is 0.667. The molecule has 0 radical (unpaired) electrons. The SMILES string of the molecule is Nc1ncn(CC(=O)OCC2CCCO2)n1. The van der Waals surface area contributed by atoms with Gasteiger partial charge in [0.15, 0.2) is 0 Å². The number of esters is 1. The third-order valence-corrected chi connectivity index (χ3v) is 2.30. The number of rotatable bonds is 4. The lowest BCUT2D eigenvalue weighted by atomic mass is 10.2. The Labute approximate surface area is 92.5 Å². The molecule has 0 aromatic carbocycles. The molecule has 2 rings (SSSR count). The molecule has 88 valence electrons. The first-order valence-electron chi connectivity index (χ1n) is 5.16. The van der Waals surface area contributed by atoms with Crippen LogP contribution in [-0.2, 0) is 20.8 Å². The fourth-order valence-electron chi connectivity index (χ4n) is 1.52. The molecule has 16 heavy (non-hydrogen) atoms. The van der Waals surface area contributed by atoms with Crippen LogP contribution in [0.15, 0.2) is 6.33 Å². The maximum atomic E-state index is 11.4. The molecule has 0 spiro atoms. The molecule has 1 aliphatic rings. The molecule has 2 N–H and O–H groups in total. The first kappa shape index (κ1) is 10.9. The standard InChI is InChI=1S/C9H14N4O3/c10-9-11-6-13(12-9)4-8(14)16-5-7-2-1-3-15-7/h6-7H,1-5H2,(H2,10,12). The van der Waals surface area contributed by atoms with Crippen LogP contribution in [-0.4, -0.2) is 40.1 Å². The van der Waals surface area contributed by atoms with E-state index < -0.39 is 0 Å². The molecule has 1 aromatic heterocycles. The average Bonchev–Trinajstić information content (AvgIpc) is 2.87. The monoisotopic (exact) mass is 226 g/mol. The Balaban J connectivity index is 1.71. The van der Waals surface area contributed by atoms with Gasteiger partial charge >= 0.3 is 5.97 Å². The van der Waals surface area contributed by atoms with Crippen molar-refractivity contribution in [1.29, 1.82) is 0 Å². The van der Waals surface area contributed by atoms with Crippen LogP contribution in [0.1, 0.15) is 12.8 Å². The van der Waals surface area contributed by atoms with E-state index in [4.69, 9.17) is 15.2 Å². The lowest BCUT2D eigenvalue weighted by Gasteiger charge is -2.09. The van der Waals surface area contributed by atoms with Gasteiger partial charge in [-0.25, -0.2) is 9.67 Å². The lowest BCUT2D eigenvalue weighted by molar-refractivity contribution is -0.147. The smallest absolute Gasteiger partial charge is 0.327 e. The van der Waals surface area contributed by atoms with Crippen molar-refractivity contribution >= 4 is 11.9 Å². The summed E-state index contributed by atoms with van der Waals surface area (Å²) in [4.78, 5) is 15.1. The summed E-state index contributed by atoms with van der Waals surface area (Å²) in [7, 11) is 0. The number of nitrogens with two attached hydrogens (primary N) is 1. The van der Waals surface area contributed by atoms with Gasteiger partial charge < -0.3 is 15.2 Å². The molecule has 0 amide bonds. The van der Waals surface area contributed by atoms with Crippen LogP contribution >= 0.6 is 0 Å². The van der Waals surface area contributed by atoms with Crippen LogP contribution in [0.2, 0.25) is 0 Å². The van der Waals surface area contributed by atoms with Crippen LogP contribution < -0.4 is 5.73 Å². The minimum atomic E-state index is -0.361. The van der Waals surface area contributed by atoms with Crippen LogP contribution in [0.4, 0.5) is 5.95 Å². The zero-order valence-corrected chi connectivity index (χ0v) is 8.83. The van der Waals surface area contributed by atoms with E-state index >= 15 is 0 Å². The van der Waals surface area contributed by atoms with Crippen molar-refractivity contribution in [2.24, 2.45) is 0 Å². The quantitative estimate of drug-likeness (QED) is 0.701. The van der Waals surface area contributed by atoms with Gasteiger partial charge in [0.2, 0.25) is 5.95 Å². The number of anilines is 1. The van der Waals surface area contributed by atoms with Gasteiger partial charge in [-0.2, -0.15) is 0 Å². The predicted molar refractivity (Wildman–Crippen MR) is 54.4 cm³/mol. The van der Waals surface area contributed by atoms with Gasteiger partial charge in [-0.15, -0.1) is 5.10 Å². The van der Waals surface area contributed by atoms with Crippen LogP contribution in [0, 0.1) is 0 Å². The molecule has 1 fully saturated rings. The number of hydrogen-bond donors (Lipinski definition) is 1. The summed E-state index contributed by atoms with van der Waals surface area (Å²) >= 11 is 0. The van der Waals surface area contributed by atoms with E-state index in [1.807, 2.05) is 0 Å². The summed E-state index contributed by atoms with van der Waals surface area (Å²) in [5.74, 6) is -0.215.